The summed E-state index contributed by atoms with van der Waals surface area (Å²) in [6, 6.07) is 15.5. The Morgan fingerprint density at radius 1 is 0.567 bits per heavy atom. The molecule has 0 spiro atoms. The third kappa shape index (κ3) is 5.68. The van der Waals surface area contributed by atoms with Crippen LogP contribution in [0.2, 0.25) is 0 Å². The van der Waals surface area contributed by atoms with Gasteiger partial charge >= 0.3 is 0 Å². The second-order valence-corrected chi connectivity index (χ2v) is 7.37. The average molecular weight is 416 g/mol. The Balaban J connectivity index is 1.50. The van der Waals surface area contributed by atoms with Crippen molar-refractivity contribution in [2.75, 3.05) is 0 Å². The molecule has 0 fully saturated rings. The van der Waals surface area contributed by atoms with Crippen molar-refractivity contribution >= 4 is 0 Å². The molecule has 158 valence electrons. The topological polar surface area (TPSA) is 24.1 Å². The molecule has 0 aliphatic rings. The van der Waals surface area contributed by atoms with E-state index in [0.29, 0.717) is 24.2 Å². The van der Waals surface area contributed by atoms with Crippen LogP contribution in [-0.4, -0.2) is 0 Å². The number of rotatable bonds is 8. The van der Waals surface area contributed by atoms with Crippen molar-refractivity contribution in [1.29, 1.82) is 0 Å². The van der Waals surface area contributed by atoms with Gasteiger partial charge in [-0.05, 0) is 60.4 Å². The van der Waals surface area contributed by atoms with Crippen molar-refractivity contribution in [3.8, 4) is 0 Å². The molecular formula is C24H24F4N2. The fourth-order valence-electron chi connectivity index (χ4n) is 3.12. The Labute approximate surface area is 173 Å². The Kier molecular flexibility index (Phi) is 7.24. The van der Waals surface area contributed by atoms with Crippen LogP contribution in [0.3, 0.4) is 0 Å². The van der Waals surface area contributed by atoms with Crippen LogP contribution < -0.4 is 10.6 Å². The summed E-state index contributed by atoms with van der Waals surface area (Å²) < 4.78 is 52.9. The van der Waals surface area contributed by atoms with Crippen LogP contribution in [0.1, 0.15) is 48.2 Å². The van der Waals surface area contributed by atoms with E-state index in [-0.39, 0.29) is 12.1 Å². The summed E-state index contributed by atoms with van der Waals surface area (Å²) in [5, 5.41) is 6.58. The summed E-state index contributed by atoms with van der Waals surface area (Å²) in [6.45, 7) is 4.95. The Bertz CT molecular complexity index is 908. The van der Waals surface area contributed by atoms with Crippen molar-refractivity contribution in [2.45, 2.75) is 39.0 Å². The standard InChI is InChI=1S/C24H24F4N2/c1-15(19-7-9-21(25)23(27)11-19)29-13-17-3-5-18(6-4-17)14-30-16(2)20-8-10-22(26)24(28)12-20/h3-12,15-16,29-30H,13-14H2,1-2H3/t15-,16+. The van der Waals surface area contributed by atoms with Gasteiger partial charge in [-0.15, -0.1) is 0 Å². The summed E-state index contributed by atoms with van der Waals surface area (Å²) >= 11 is 0. The zero-order chi connectivity index (χ0) is 21.7. The predicted molar refractivity (Wildman–Crippen MR) is 110 cm³/mol. The molecule has 2 N–H and O–H groups in total. The molecule has 0 bridgehead atoms. The molecule has 0 heterocycles. The fourth-order valence-corrected chi connectivity index (χ4v) is 3.12. The molecule has 2 atom stereocenters. The molecule has 0 aliphatic heterocycles. The van der Waals surface area contributed by atoms with Crippen LogP contribution >= 0.6 is 0 Å². The lowest BCUT2D eigenvalue weighted by atomic mass is 10.1. The molecular weight excluding hydrogens is 392 g/mol. The molecule has 0 amide bonds. The molecule has 0 aliphatic carbocycles. The molecule has 0 unspecified atom stereocenters. The van der Waals surface area contributed by atoms with E-state index in [1.54, 1.807) is 12.1 Å². The molecule has 3 aromatic carbocycles. The molecule has 6 heteroatoms. The van der Waals surface area contributed by atoms with E-state index in [2.05, 4.69) is 10.6 Å². The third-order valence-electron chi connectivity index (χ3n) is 5.14. The first kappa shape index (κ1) is 22.0. The average Bonchev–Trinajstić information content (AvgIpc) is 2.74. The van der Waals surface area contributed by atoms with Crippen molar-refractivity contribution in [2.24, 2.45) is 0 Å². The molecule has 0 radical (unpaired) electrons. The van der Waals surface area contributed by atoms with Crippen LogP contribution in [0, 0.1) is 23.3 Å². The summed E-state index contributed by atoms with van der Waals surface area (Å²) in [7, 11) is 0. The Hall–Kier alpha value is -2.70. The summed E-state index contributed by atoms with van der Waals surface area (Å²) in [4.78, 5) is 0. The number of nitrogens with one attached hydrogen (secondary N) is 2. The molecule has 3 rings (SSSR count). The van der Waals surface area contributed by atoms with E-state index in [4.69, 9.17) is 0 Å². The minimum absolute atomic E-state index is 0.126. The van der Waals surface area contributed by atoms with Gasteiger partial charge in [0, 0.05) is 25.2 Å². The predicted octanol–water partition coefficient (Wildman–Crippen LogP) is 5.94. The van der Waals surface area contributed by atoms with E-state index >= 15 is 0 Å². The van der Waals surface area contributed by atoms with Gasteiger partial charge in [0.05, 0.1) is 0 Å². The van der Waals surface area contributed by atoms with Crippen molar-refractivity contribution in [3.63, 3.8) is 0 Å². The molecule has 0 saturated heterocycles. The third-order valence-corrected chi connectivity index (χ3v) is 5.14. The zero-order valence-electron chi connectivity index (χ0n) is 16.9. The lowest BCUT2D eigenvalue weighted by Crippen LogP contribution is -2.19. The lowest BCUT2D eigenvalue weighted by molar-refractivity contribution is 0.500. The number of hydrogen-bond donors (Lipinski definition) is 2. The maximum Gasteiger partial charge on any atom is 0.159 e. The van der Waals surface area contributed by atoms with Gasteiger partial charge in [-0.2, -0.15) is 0 Å². The molecule has 30 heavy (non-hydrogen) atoms. The smallest absolute Gasteiger partial charge is 0.159 e. The van der Waals surface area contributed by atoms with Gasteiger partial charge < -0.3 is 10.6 Å². The maximum atomic E-state index is 13.4. The largest absolute Gasteiger partial charge is 0.306 e. The monoisotopic (exact) mass is 416 g/mol. The van der Waals surface area contributed by atoms with Gasteiger partial charge in [-0.25, -0.2) is 17.6 Å². The first-order chi connectivity index (χ1) is 14.3. The second-order valence-electron chi connectivity index (χ2n) is 7.37. The highest BCUT2D eigenvalue weighted by Gasteiger charge is 2.10. The van der Waals surface area contributed by atoms with Crippen LogP contribution in [0.5, 0.6) is 0 Å². The molecule has 0 saturated carbocycles. The Morgan fingerprint density at radius 3 is 1.27 bits per heavy atom. The highest BCUT2D eigenvalue weighted by molar-refractivity contribution is 5.25. The van der Waals surface area contributed by atoms with Gasteiger partial charge in [0.25, 0.3) is 0 Å². The van der Waals surface area contributed by atoms with Crippen molar-refractivity contribution in [1.82, 2.24) is 10.6 Å². The van der Waals surface area contributed by atoms with Crippen molar-refractivity contribution < 1.29 is 17.6 Å². The fraction of sp³-hybridized carbons (Fsp3) is 0.250. The SMILES string of the molecule is C[C@H](NCc1ccc(CN[C@H](C)c2ccc(F)c(F)c2)cc1)c1ccc(F)c(F)c1. The van der Waals surface area contributed by atoms with Gasteiger partial charge in [-0.3, -0.25) is 0 Å². The summed E-state index contributed by atoms with van der Waals surface area (Å²) in [5.74, 6) is -3.41. The van der Waals surface area contributed by atoms with Crippen LogP contribution in [0.4, 0.5) is 17.6 Å². The zero-order valence-corrected chi connectivity index (χ0v) is 16.9. The first-order valence-electron chi connectivity index (χ1n) is 9.78. The number of hydrogen-bond acceptors (Lipinski definition) is 2. The van der Waals surface area contributed by atoms with Gasteiger partial charge in [0.2, 0.25) is 0 Å². The second kappa shape index (κ2) is 9.87. The quantitative estimate of drug-likeness (QED) is 0.444. The van der Waals surface area contributed by atoms with E-state index in [1.165, 1.54) is 12.1 Å². The van der Waals surface area contributed by atoms with Crippen LogP contribution in [0.25, 0.3) is 0 Å². The van der Waals surface area contributed by atoms with Gasteiger partial charge in [0.1, 0.15) is 0 Å². The number of halogens is 4. The summed E-state index contributed by atoms with van der Waals surface area (Å²) in [6.07, 6.45) is 0. The number of benzene rings is 3. The normalized spacial score (nSPS) is 13.3. The van der Waals surface area contributed by atoms with E-state index in [9.17, 15) is 17.6 Å². The minimum atomic E-state index is -0.853. The van der Waals surface area contributed by atoms with Gasteiger partial charge in [-0.1, -0.05) is 36.4 Å². The highest BCUT2D eigenvalue weighted by atomic mass is 19.2. The minimum Gasteiger partial charge on any atom is -0.306 e. The van der Waals surface area contributed by atoms with E-state index in [0.717, 1.165) is 23.3 Å². The van der Waals surface area contributed by atoms with E-state index < -0.39 is 23.3 Å². The lowest BCUT2D eigenvalue weighted by Gasteiger charge is -2.16. The van der Waals surface area contributed by atoms with Gasteiger partial charge in [0.15, 0.2) is 23.3 Å². The highest BCUT2D eigenvalue weighted by Crippen LogP contribution is 2.18. The first-order valence-corrected chi connectivity index (χ1v) is 9.78. The Morgan fingerprint density at radius 2 is 0.933 bits per heavy atom. The molecule has 2 nitrogen and oxygen atoms in total. The molecule has 3 aromatic rings. The summed E-state index contributed by atoms with van der Waals surface area (Å²) in [5.41, 5.74) is 3.48. The van der Waals surface area contributed by atoms with Crippen molar-refractivity contribution in [3.05, 3.63) is 106 Å². The molecule has 0 aromatic heterocycles. The maximum absolute atomic E-state index is 13.4. The van der Waals surface area contributed by atoms with Crippen LogP contribution in [-0.2, 0) is 13.1 Å². The van der Waals surface area contributed by atoms with E-state index in [1.807, 2.05) is 38.1 Å². The van der Waals surface area contributed by atoms with Crippen LogP contribution in [0.15, 0.2) is 60.7 Å².